The zero-order valence-electron chi connectivity index (χ0n) is 16.3. The van der Waals surface area contributed by atoms with Crippen LogP contribution in [0.25, 0.3) is 0 Å². The van der Waals surface area contributed by atoms with E-state index in [2.05, 4.69) is 0 Å². The number of carbonyl (C=O) groups is 3. The molecule has 1 fully saturated rings. The minimum absolute atomic E-state index is 0.0264. The van der Waals surface area contributed by atoms with Crippen molar-refractivity contribution in [1.29, 1.82) is 0 Å². The molecule has 1 heterocycles. The van der Waals surface area contributed by atoms with E-state index in [9.17, 15) is 14.4 Å². The van der Waals surface area contributed by atoms with E-state index < -0.39 is 0 Å². The summed E-state index contributed by atoms with van der Waals surface area (Å²) in [6.07, 6.45) is 0. The van der Waals surface area contributed by atoms with Crippen LogP contribution in [0.3, 0.4) is 0 Å². The lowest BCUT2D eigenvalue weighted by molar-refractivity contribution is -0.141. The highest BCUT2D eigenvalue weighted by atomic mass is 16.5. The standard InChI is InChI=1S/C22H24N2O4/c1-15-6-4-5-7-20(15)24-12-16(2)23(13-21(24)26)22(27)14-28-19-10-8-18(9-11-19)17(3)25/h4-11,16H,12-14H2,1-3H3. The fraction of sp³-hybridized carbons (Fsp3) is 0.318. The van der Waals surface area contributed by atoms with Gasteiger partial charge in [-0.05, 0) is 56.7 Å². The molecule has 6 nitrogen and oxygen atoms in total. The van der Waals surface area contributed by atoms with Crippen molar-refractivity contribution in [3.8, 4) is 5.75 Å². The number of ketones is 1. The molecule has 0 spiro atoms. The molecule has 2 aromatic rings. The Morgan fingerprint density at radius 3 is 2.43 bits per heavy atom. The Balaban J connectivity index is 1.61. The molecule has 0 bridgehead atoms. The van der Waals surface area contributed by atoms with Crippen molar-refractivity contribution in [2.45, 2.75) is 26.8 Å². The number of hydrogen-bond acceptors (Lipinski definition) is 4. The third kappa shape index (κ3) is 4.22. The number of aryl methyl sites for hydroxylation is 1. The lowest BCUT2D eigenvalue weighted by Gasteiger charge is -2.39. The minimum Gasteiger partial charge on any atom is -0.484 e. The molecule has 1 atom stereocenters. The van der Waals surface area contributed by atoms with Crippen molar-refractivity contribution in [2.75, 3.05) is 24.6 Å². The van der Waals surface area contributed by atoms with Gasteiger partial charge in [0.1, 0.15) is 12.3 Å². The number of para-hydroxylation sites is 1. The van der Waals surface area contributed by atoms with Gasteiger partial charge in [-0.2, -0.15) is 0 Å². The first-order valence-electron chi connectivity index (χ1n) is 9.26. The van der Waals surface area contributed by atoms with Crippen molar-refractivity contribution in [2.24, 2.45) is 0 Å². The Kier molecular flexibility index (Phi) is 5.78. The quantitative estimate of drug-likeness (QED) is 0.748. The smallest absolute Gasteiger partial charge is 0.261 e. The van der Waals surface area contributed by atoms with E-state index in [4.69, 9.17) is 4.74 Å². The van der Waals surface area contributed by atoms with E-state index in [-0.39, 0.29) is 36.8 Å². The molecule has 0 saturated carbocycles. The van der Waals surface area contributed by atoms with E-state index in [0.29, 0.717) is 17.9 Å². The second-order valence-corrected chi connectivity index (χ2v) is 7.03. The second-order valence-electron chi connectivity index (χ2n) is 7.03. The van der Waals surface area contributed by atoms with Crippen molar-refractivity contribution in [3.63, 3.8) is 0 Å². The molecule has 2 aromatic carbocycles. The number of amides is 2. The molecule has 0 radical (unpaired) electrons. The van der Waals surface area contributed by atoms with Gasteiger partial charge in [0.15, 0.2) is 12.4 Å². The second kappa shape index (κ2) is 8.25. The summed E-state index contributed by atoms with van der Waals surface area (Å²) in [5, 5.41) is 0. The highest BCUT2D eigenvalue weighted by Gasteiger charge is 2.33. The molecule has 3 rings (SSSR count). The van der Waals surface area contributed by atoms with Crippen LogP contribution in [0.4, 0.5) is 5.69 Å². The van der Waals surface area contributed by atoms with Crippen molar-refractivity contribution >= 4 is 23.3 Å². The van der Waals surface area contributed by atoms with Gasteiger partial charge in [0.2, 0.25) is 5.91 Å². The average molecular weight is 380 g/mol. The van der Waals surface area contributed by atoms with Crippen LogP contribution >= 0.6 is 0 Å². The van der Waals surface area contributed by atoms with Crippen LogP contribution in [0, 0.1) is 6.92 Å². The van der Waals surface area contributed by atoms with Crippen molar-refractivity contribution in [1.82, 2.24) is 4.90 Å². The normalized spacial score (nSPS) is 16.8. The number of anilines is 1. The third-order valence-corrected chi connectivity index (χ3v) is 4.94. The average Bonchev–Trinajstić information content (AvgIpc) is 2.68. The third-order valence-electron chi connectivity index (χ3n) is 4.94. The summed E-state index contributed by atoms with van der Waals surface area (Å²) < 4.78 is 5.54. The van der Waals surface area contributed by atoms with Crippen LogP contribution in [0.15, 0.2) is 48.5 Å². The Morgan fingerprint density at radius 1 is 1.11 bits per heavy atom. The first-order valence-corrected chi connectivity index (χ1v) is 9.26. The summed E-state index contributed by atoms with van der Waals surface area (Å²) in [5.74, 6) is 0.143. The number of ether oxygens (including phenoxy) is 1. The summed E-state index contributed by atoms with van der Waals surface area (Å²) >= 11 is 0. The van der Waals surface area contributed by atoms with Gasteiger partial charge >= 0.3 is 0 Å². The molecule has 0 aliphatic carbocycles. The van der Waals surface area contributed by atoms with Gasteiger partial charge in [-0.1, -0.05) is 18.2 Å². The molecule has 6 heteroatoms. The molecule has 28 heavy (non-hydrogen) atoms. The number of benzene rings is 2. The summed E-state index contributed by atoms with van der Waals surface area (Å²) in [5.41, 5.74) is 2.50. The zero-order valence-corrected chi connectivity index (χ0v) is 16.3. The van der Waals surface area contributed by atoms with Crippen molar-refractivity contribution < 1.29 is 19.1 Å². The molecule has 1 unspecified atom stereocenters. The van der Waals surface area contributed by atoms with Gasteiger partial charge < -0.3 is 14.5 Å². The lowest BCUT2D eigenvalue weighted by atomic mass is 10.1. The molecule has 1 saturated heterocycles. The van der Waals surface area contributed by atoms with E-state index in [0.717, 1.165) is 11.3 Å². The van der Waals surface area contributed by atoms with Crippen LogP contribution in [0.5, 0.6) is 5.75 Å². The predicted molar refractivity (Wildman–Crippen MR) is 107 cm³/mol. The molecule has 0 aromatic heterocycles. The topological polar surface area (TPSA) is 66.9 Å². The predicted octanol–water partition coefficient (Wildman–Crippen LogP) is 2.84. The lowest BCUT2D eigenvalue weighted by Crippen LogP contribution is -2.58. The fourth-order valence-electron chi connectivity index (χ4n) is 3.30. The number of carbonyl (C=O) groups excluding carboxylic acids is 3. The molecule has 0 N–H and O–H groups in total. The Bertz CT molecular complexity index is 892. The van der Waals surface area contributed by atoms with Crippen LogP contribution < -0.4 is 9.64 Å². The molecular weight excluding hydrogens is 356 g/mol. The van der Waals surface area contributed by atoms with E-state index in [1.807, 2.05) is 38.1 Å². The maximum atomic E-state index is 12.6. The largest absolute Gasteiger partial charge is 0.484 e. The van der Waals surface area contributed by atoms with Crippen LogP contribution in [0.1, 0.15) is 29.8 Å². The van der Waals surface area contributed by atoms with Gasteiger partial charge in [0.05, 0.1) is 0 Å². The van der Waals surface area contributed by atoms with Gasteiger partial charge in [0, 0.05) is 23.8 Å². The first-order chi connectivity index (χ1) is 13.4. The fourth-order valence-corrected chi connectivity index (χ4v) is 3.30. The summed E-state index contributed by atoms with van der Waals surface area (Å²) in [4.78, 5) is 39.8. The van der Waals surface area contributed by atoms with Gasteiger partial charge in [-0.3, -0.25) is 14.4 Å². The summed E-state index contributed by atoms with van der Waals surface area (Å²) in [6, 6.07) is 14.3. The molecular formula is C22H24N2O4. The Labute approximate surface area is 164 Å². The highest BCUT2D eigenvalue weighted by Crippen LogP contribution is 2.24. The Hall–Kier alpha value is -3.15. The zero-order chi connectivity index (χ0) is 20.3. The van der Waals surface area contributed by atoms with Crippen LogP contribution in [-0.2, 0) is 9.59 Å². The van der Waals surface area contributed by atoms with Gasteiger partial charge in [-0.15, -0.1) is 0 Å². The Morgan fingerprint density at radius 2 is 1.79 bits per heavy atom. The number of nitrogens with zero attached hydrogens (tertiary/aromatic N) is 2. The molecule has 1 aliphatic rings. The summed E-state index contributed by atoms with van der Waals surface area (Å²) in [6.45, 7) is 5.72. The number of rotatable bonds is 5. The molecule has 2 amide bonds. The van der Waals surface area contributed by atoms with Crippen molar-refractivity contribution in [3.05, 3.63) is 59.7 Å². The monoisotopic (exact) mass is 380 g/mol. The van der Waals surface area contributed by atoms with E-state index in [1.54, 1.807) is 34.1 Å². The maximum Gasteiger partial charge on any atom is 0.261 e. The SMILES string of the molecule is CC(=O)c1ccc(OCC(=O)N2CC(=O)N(c3ccccc3C)CC2C)cc1. The highest BCUT2D eigenvalue weighted by molar-refractivity contribution is 5.99. The molecule has 1 aliphatic heterocycles. The number of piperazine rings is 1. The van der Waals surface area contributed by atoms with Gasteiger partial charge in [0.25, 0.3) is 5.91 Å². The van der Waals surface area contributed by atoms with E-state index in [1.165, 1.54) is 6.92 Å². The number of hydrogen-bond donors (Lipinski definition) is 0. The van der Waals surface area contributed by atoms with E-state index >= 15 is 0 Å². The van der Waals surface area contributed by atoms with Gasteiger partial charge in [-0.25, -0.2) is 0 Å². The van der Waals surface area contributed by atoms with Crippen LogP contribution in [0.2, 0.25) is 0 Å². The number of Topliss-reactive ketones (excluding diaryl/α,β-unsaturated/α-hetero) is 1. The summed E-state index contributed by atoms with van der Waals surface area (Å²) in [7, 11) is 0. The minimum atomic E-state index is -0.235. The maximum absolute atomic E-state index is 12.6. The first kappa shape index (κ1) is 19.6. The van der Waals surface area contributed by atoms with Crippen LogP contribution in [-0.4, -0.2) is 48.2 Å². The molecule has 146 valence electrons.